The van der Waals surface area contributed by atoms with Crippen molar-refractivity contribution in [2.24, 2.45) is 0 Å². The first kappa shape index (κ1) is 24.5. The van der Waals surface area contributed by atoms with Crippen LogP contribution in [0.5, 0.6) is 0 Å². The van der Waals surface area contributed by atoms with Crippen LogP contribution in [0.15, 0.2) is 133 Å². The van der Waals surface area contributed by atoms with Crippen LogP contribution in [0.3, 0.4) is 0 Å². The maximum absolute atomic E-state index is 4.94. The number of aromatic nitrogens is 2. The standard InChI is InChI=1S/C40H28N2/c1-25-16-17-30-22-23-35-36(24-26(2)42-40(35)39(30)41-25)27-18-20-29(21-19-27)38-33-14-8-6-12-31(33)37(28-10-4-3-5-11-28)32-13-7-9-15-34(32)38/h3-24H,1-2H3. The summed E-state index contributed by atoms with van der Waals surface area (Å²) in [5, 5.41) is 7.31. The zero-order valence-corrected chi connectivity index (χ0v) is 23.6. The Morgan fingerprint density at radius 2 is 0.881 bits per heavy atom. The minimum Gasteiger partial charge on any atom is -0.251 e. The van der Waals surface area contributed by atoms with Crippen molar-refractivity contribution in [3.63, 3.8) is 0 Å². The van der Waals surface area contributed by atoms with Crippen LogP contribution >= 0.6 is 0 Å². The SMILES string of the molecule is Cc1ccc2ccc3c(-c4ccc(-c5c6ccccc6c(-c6ccccc6)c6ccccc56)cc4)cc(C)nc3c2n1. The predicted octanol–water partition coefficient (Wildman–Crippen LogP) is 10.7. The lowest BCUT2D eigenvalue weighted by molar-refractivity contribution is 1.23. The van der Waals surface area contributed by atoms with Crippen LogP contribution in [0.2, 0.25) is 0 Å². The predicted molar refractivity (Wildman–Crippen MR) is 178 cm³/mol. The maximum Gasteiger partial charge on any atom is 0.0974 e. The number of pyridine rings is 2. The van der Waals surface area contributed by atoms with E-state index in [0.29, 0.717) is 0 Å². The number of aryl methyl sites for hydroxylation is 2. The molecule has 0 unspecified atom stereocenters. The van der Waals surface area contributed by atoms with Gasteiger partial charge in [0.05, 0.1) is 11.0 Å². The average molecular weight is 537 g/mol. The highest BCUT2D eigenvalue weighted by molar-refractivity contribution is 6.21. The highest BCUT2D eigenvalue weighted by Gasteiger charge is 2.17. The molecule has 0 aliphatic carbocycles. The van der Waals surface area contributed by atoms with Crippen molar-refractivity contribution < 1.29 is 0 Å². The number of fused-ring (bicyclic) bond motifs is 5. The van der Waals surface area contributed by atoms with E-state index >= 15 is 0 Å². The smallest absolute Gasteiger partial charge is 0.0974 e. The maximum atomic E-state index is 4.94. The van der Waals surface area contributed by atoms with Crippen molar-refractivity contribution in [2.75, 3.05) is 0 Å². The summed E-state index contributed by atoms with van der Waals surface area (Å²) in [5.74, 6) is 0. The van der Waals surface area contributed by atoms with E-state index in [0.717, 1.165) is 33.2 Å². The summed E-state index contributed by atoms with van der Waals surface area (Å²) in [4.78, 5) is 9.79. The Hall–Kier alpha value is -5.34. The number of hydrogen-bond donors (Lipinski definition) is 0. The normalized spacial score (nSPS) is 11.6. The molecule has 0 bridgehead atoms. The minimum absolute atomic E-state index is 0.962. The molecular weight excluding hydrogens is 508 g/mol. The summed E-state index contributed by atoms with van der Waals surface area (Å²) in [6, 6.07) is 48.2. The number of nitrogens with zero attached hydrogens (tertiary/aromatic N) is 2. The Morgan fingerprint density at radius 1 is 0.381 bits per heavy atom. The van der Waals surface area contributed by atoms with E-state index in [-0.39, 0.29) is 0 Å². The van der Waals surface area contributed by atoms with Gasteiger partial charge in [-0.3, -0.25) is 9.97 Å². The van der Waals surface area contributed by atoms with Crippen LogP contribution in [0.1, 0.15) is 11.4 Å². The van der Waals surface area contributed by atoms with Gasteiger partial charge in [-0.25, -0.2) is 0 Å². The van der Waals surface area contributed by atoms with Crippen molar-refractivity contribution in [3.8, 4) is 33.4 Å². The lowest BCUT2D eigenvalue weighted by Gasteiger charge is -2.18. The molecule has 2 nitrogen and oxygen atoms in total. The van der Waals surface area contributed by atoms with Crippen molar-refractivity contribution in [1.29, 1.82) is 0 Å². The van der Waals surface area contributed by atoms with Gasteiger partial charge in [0.2, 0.25) is 0 Å². The minimum atomic E-state index is 0.962. The van der Waals surface area contributed by atoms with E-state index in [1.165, 1.54) is 54.9 Å². The molecule has 0 N–H and O–H groups in total. The largest absolute Gasteiger partial charge is 0.251 e. The Bertz CT molecular complexity index is 2240. The molecule has 198 valence electrons. The first-order valence-electron chi connectivity index (χ1n) is 14.4. The summed E-state index contributed by atoms with van der Waals surface area (Å²) < 4.78 is 0. The van der Waals surface area contributed by atoms with Crippen LogP contribution in [0.25, 0.3) is 76.7 Å². The van der Waals surface area contributed by atoms with Gasteiger partial charge in [0.25, 0.3) is 0 Å². The molecule has 8 rings (SSSR count). The zero-order chi connectivity index (χ0) is 28.2. The highest BCUT2D eigenvalue weighted by Crippen LogP contribution is 2.44. The Labute approximate surface area is 244 Å². The van der Waals surface area contributed by atoms with Gasteiger partial charge in [0.1, 0.15) is 0 Å². The van der Waals surface area contributed by atoms with E-state index < -0.39 is 0 Å². The lowest BCUT2D eigenvalue weighted by atomic mass is 9.85. The van der Waals surface area contributed by atoms with Crippen LogP contribution in [0.4, 0.5) is 0 Å². The van der Waals surface area contributed by atoms with Gasteiger partial charge in [-0.2, -0.15) is 0 Å². The summed E-state index contributed by atoms with van der Waals surface area (Å²) in [6.45, 7) is 4.10. The van der Waals surface area contributed by atoms with Crippen LogP contribution < -0.4 is 0 Å². The topological polar surface area (TPSA) is 25.8 Å². The Balaban J connectivity index is 1.34. The number of rotatable bonds is 3. The highest BCUT2D eigenvalue weighted by atomic mass is 14.8. The summed E-state index contributed by atoms with van der Waals surface area (Å²) >= 11 is 0. The number of benzene rings is 6. The fourth-order valence-corrected chi connectivity index (χ4v) is 6.51. The first-order chi connectivity index (χ1) is 20.7. The van der Waals surface area contributed by atoms with Gasteiger partial charge < -0.3 is 0 Å². The second-order valence-corrected chi connectivity index (χ2v) is 11.1. The van der Waals surface area contributed by atoms with Crippen molar-refractivity contribution in [3.05, 3.63) is 145 Å². The van der Waals surface area contributed by atoms with Gasteiger partial charge in [-0.1, -0.05) is 121 Å². The molecule has 0 aliphatic rings. The molecule has 0 saturated heterocycles. The molecule has 0 radical (unpaired) electrons. The molecule has 0 atom stereocenters. The zero-order valence-electron chi connectivity index (χ0n) is 23.6. The van der Waals surface area contributed by atoms with E-state index in [1.807, 2.05) is 6.92 Å². The van der Waals surface area contributed by atoms with Gasteiger partial charge in [0, 0.05) is 22.2 Å². The Kier molecular flexibility index (Phi) is 5.61. The molecule has 0 spiro atoms. The van der Waals surface area contributed by atoms with E-state index in [2.05, 4.69) is 140 Å². The van der Waals surface area contributed by atoms with Gasteiger partial charge in [-0.05, 0) is 80.9 Å². The van der Waals surface area contributed by atoms with Gasteiger partial charge >= 0.3 is 0 Å². The molecule has 0 amide bonds. The second kappa shape index (κ2) is 9.64. The fourth-order valence-electron chi connectivity index (χ4n) is 6.51. The molecule has 0 aliphatic heterocycles. The molecular formula is C40H28N2. The average Bonchev–Trinajstić information content (AvgIpc) is 3.03. The molecule has 0 saturated carbocycles. The van der Waals surface area contributed by atoms with E-state index in [4.69, 9.17) is 9.97 Å². The van der Waals surface area contributed by atoms with Gasteiger partial charge in [0.15, 0.2) is 0 Å². The monoisotopic (exact) mass is 536 g/mol. The third-order valence-corrected chi connectivity index (χ3v) is 8.38. The van der Waals surface area contributed by atoms with Crippen LogP contribution in [-0.4, -0.2) is 9.97 Å². The summed E-state index contributed by atoms with van der Waals surface area (Å²) in [5.41, 5.74) is 11.3. The quantitative estimate of drug-likeness (QED) is 0.166. The molecule has 42 heavy (non-hydrogen) atoms. The van der Waals surface area contributed by atoms with Gasteiger partial charge in [-0.15, -0.1) is 0 Å². The molecule has 2 aromatic heterocycles. The lowest BCUT2D eigenvalue weighted by Crippen LogP contribution is -1.93. The molecule has 2 heterocycles. The first-order valence-corrected chi connectivity index (χ1v) is 14.4. The Morgan fingerprint density at radius 3 is 1.50 bits per heavy atom. The molecule has 0 fully saturated rings. The van der Waals surface area contributed by atoms with Crippen molar-refractivity contribution >= 4 is 43.4 Å². The second-order valence-electron chi connectivity index (χ2n) is 11.1. The van der Waals surface area contributed by atoms with Crippen LogP contribution in [-0.2, 0) is 0 Å². The fraction of sp³-hybridized carbons (Fsp3) is 0.0500. The third-order valence-electron chi connectivity index (χ3n) is 8.38. The third kappa shape index (κ3) is 3.88. The van der Waals surface area contributed by atoms with E-state index in [1.54, 1.807) is 0 Å². The van der Waals surface area contributed by atoms with Crippen molar-refractivity contribution in [2.45, 2.75) is 13.8 Å². The molecule has 6 aromatic carbocycles. The summed E-state index contributed by atoms with van der Waals surface area (Å²) in [6.07, 6.45) is 0. The number of hydrogen-bond acceptors (Lipinski definition) is 2. The van der Waals surface area contributed by atoms with Crippen molar-refractivity contribution in [1.82, 2.24) is 9.97 Å². The summed E-state index contributed by atoms with van der Waals surface area (Å²) in [7, 11) is 0. The van der Waals surface area contributed by atoms with E-state index in [9.17, 15) is 0 Å². The van der Waals surface area contributed by atoms with Crippen LogP contribution in [0, 0.1) is 13.8 Å². The molecule has 8 aromatic rings. The molecule has 2 heteroatoms.